The van der Waals surface area contributed by atoms with Gasteiger partial charge in [0.25, 0.3) is 5.56 Å². The summed E-state index contributed by atoms with van der Waals surface area (Å²) in [5.74, 6) is 1.03. The maximum absolute atomic E-state index is 12.6. The third-order valence-corrected chi connectivity index (χ3v) is 6.94. The largest absolute Gasteiger partial charge is 0.354 e. The molecular weight excluding hydrogens is 422 g/mol. The van der Waals surface area contributed by atoms with Gasteiger partial charge in [-0.1, -0.05) is 30.3 Å². The molecule has 0 saturated carbocycles. The molecule has 5 aromatic rings. The van der Waals surface area contributed by atoms with E-state index < -0.39 is 0 Å². The third-order valence-electron chi connectivity index (χ3n) is 6.94. The van der Waals surface area contributed by atoms with E-state index in [-0.39, 0.29) is 5.56 Å². The van der Waals surface area contributed by atoms with Gasteiger partial charge in [0.2, 0.25) is 0 Å². The molecule has 6 rings (SSSR count). The number of hydrogen-bond acceptors (Lipinski definition) is 4. The van der Waals surface area contributed by atoms with Crippen molar-refractivity contribution in [1.29, 1.82) is 0 Å². The van der Waals surface area contributed by atoms with Crippen LogP contribution in [-0.2, 0) is 7.05 Å². The first-order valence-electron chi connectivity index (χ1n) is 11.7. The molecule has 1 saturated heterocycles. The summed E-state index contributed by atoms with van der Waals surface area (Å²) in [5, 5.41) is 6.26. The Hall–Kier alpha value is -3.90. The van der Waals surface area contributed by atoms with Crippen LogP contribution in [0.3, 0.4) is 0 Å². The van der Waals surface area contributed by atoms with E-state index in [4.69, 9.17) is 4.98 Å². The Morgan fingerprint density at radius 1 is 0.912 bits per heavy atom. The van der Waals surface area contributed by atoms with Crippen molar-refractivity contribution in [3.63, 3.8) is 0 Å². The minimum Gasteiger partial charge on any atom is -0.354 e. The smallest absolute Gasteiger partial charge is 0.258 e. The molecule has 0 unspecified atom stereocenters. The van der Waals surface area contributed by atoms with Crippen LogP contribution in [0.4, 0.5) is 5.82 Å². The van der Waals surface area contributed by atoms with E-state index in [1.165, 1.54) is 10.9 Å². The van der Waals surface area contributed by atoms with Crippen molar-refractivity contribution in [1.82, 2.24) is 19.9 Å². The van der Waals surface area contributed by atoms with E-state index in [2.05, 4.69) is 52.5 Å². The van der Waals surface area contributed by atoms with Crippen LogP contribution < -0.4 is 15.8 Å². The normalized spacial score (nSPS) is 14.2. The number of benzene rings is 2. The molecule has 0 bridgehead atoms. The molecule has 34 heavy (non-hydrogen) atoms. The number of H-pyrrole nitrogens is 1. The molecule has 1 aliphatic heterocycles. The highest BCUT2D eigenvalue weighted by Gasteiger charge is 2.16. The zero-order valence-electron chi connectivity index (χ0n) is 19.4. The SMILES string of the molecule is Cc1c(-c2cn(C)c(=O)c3ccccc23)[nH]c2cc(-c3ccc(N4CCNCC4)nc3)ccc12. The molecular formula is C28H27N5O. The Balaban J connectivity index is 1.41. The third kappa shape index (κ3) is 3.38. The van der Waals surface area contributed by atoms with Gasteiger partial charge in [-0.2, -0.15) is 0 Å². The van der Waals surface area contributed by atoms with Crippen LogP contribution in [0.25, 0.3) is 44.1 Å². The molecule has 1 aliphatic rings. The van der Waals surface area contributed by atoms with Gasteiger partial charge in [-0.3, -0.25) is 4.79 Å². The Morgan fingerprint density at radius 3 is 2.44 bits per heavy atom. The van der Waals surface area contributed by atoms with Gasteiger partial charge in [-0.15, -0.1) is 0 Å². The summed E-state index contributed by atoms with van der Waals surface area (Å²) in [7, 11) is 1.81. The van der Waals surface area contributed by atoms with Crippen LogP contribution in [0, 0.1) is 6.92 Å². The number of aryl methyl sites for hydroxylation is 2. The quantitative estimate of drug-likeness (QED) is 0.427. The van der Waals surface area contributed by atoms with Crippen molar-refractivity contribution in [2.45, 2.75) is 6.92 Å². The Morgan fingerprint density at radius 2 is 1.68 bits per heavy atom. The van der Waals surface area contributed by atoms with E-state index in [0.29, 0.717) is 0 Å². The maximum atomic E-state index is 12.6. The fourth-order valence-corrected chi connectivity index (χ4v) is 5.04. The van der Waals surface area contributed by atoms with Crippen molar-refractivity contribution >= 4 is 27.5 Å². The van der Waals surface area contributed by atoms with Crippen molar-refractivity contribution in [2.24, 2.45) is 7.05 Å². The number of piperazine rings is 1. The molecule has 6 nitrogen and oxygen atoms in total. The molecule has 6 heteroatoms. The molecule has 0 aliphatic carbocycles. The summed E-state index contributed by atoms with van der Waals surface area (Å²) in [6, 6.07) is 18.6. The molecule has 0 radical (unpaired) electrons. The summed E-state index contributed by atoms with van der Waals surface area (Å²) < 4.78 is 1.67. The summed E-state index contributed by atoms with van der Waals surface area (Å²) >= 11 is 0. The first-order valence-corrected chi connectivity index (χ1v) is 11.7. The predicted octanol–water partition coefficient (Wildman–Crippen LogP) is 4.47. The molecule has 0 atom stereocenters. The van der Waals surface area contributed by atoms with Gasteiger partial charge in [0.1, 0.15) is 5.82 Å². The summed E-state index contributed by atoms with van der Waals surface area (Å²) in [6.45, 7) is 6.11. The number of aromatic amines is 1. The molecule has 2 aromatic carbocycles. The number of rotatable bonds is 3. The Kier molecular flexibility index (Phi) is 4.96. The fourth-order valence-electron chi connectivity index (χ4n) is 5.04. The number of aromatic nitrogens is 3. The lowest BCUT2D eigenvalue weighted by Crippen LogP contribution is -2.43. The number of pyridine rings is 2. The summed E-state index contributed by atoms with van der Waals surface area (Å²) in [4.78, 5) is 23.3. The average Bonchev–Trinajstić information content (AvgIpc) is 3.22. The summed E-state index contributed by atoms with van der Waals surface area (Å²) in [5.41, 5.74) is 6.59. The zero-order valence-corrected chi connectivity index (χ0v) is 19.4. The molecule has 0 amide bonds. The van der Waals surface area contributed by atoms with Crippen molar-refractivity contribution < 1.29 is 0 Å². The van der Waals surface area contributed by atoms with Crippen LogP contribution in [0.15, 0.2) is 71.8 Å². The van der Waals surface area contributed by atoms with Gasteiger partial charge < -0.3 is 19.8 Å². The predicted molar refractivity (Wildman–Crippen MR) is 140 cm³/mol. The van der Waals surface area contributed by atoms with Crippen LogP contribution in [0.2, 0.25) is 0 Å². The van der Waals surface area contributed by atoms with Gasteiger partial charge in [-0.05, 0) is 47.7 Å². The second-order valence-electron chi connectivity index (χ2n) is 9.03. The molecule has 3 aromatic heterocycles. The lowest BCUT2D eigenvalue weighted by atomic mass is 10.0. The van der Waals surface area contributed by atoms with E-state index in [0.717, 1.165) is 70.7 Å². The average molecular weight is 450 g/mol. The molecule has 1 fully saturated rings. The second kappa shape index (κ2) is 8.15. The highest BCUT2D eigenvalue weighted by molar-refractivity contribution is 6.00. The van der Waals surface area contributed by atoms with Crippen LogP contribution >= 0.6 is 0 Å². The zero-order chi connectivity index (χ0) is 23.2. The van der Waals surface area contributed by atoms with E-state index in [9.17, 15) is 4.79 Å². The van der Waals surface area contributed by atoms with Gasteiger partial charge in [0.15, 0.2) is 0 Å². The number of anilines is 1. The van der Waals surface area contributed by atoms with Gasteiger partial charge in [0.05, 0.1) is 5.69 Å². The van der Waals surface area contributed by atoms with E-state index in [1.54, 1.807) is 4.57 Å². The highest BCUT2D eigenvalue weighted by atomic mass is 16.1. The molecule has 0 spiro atoms. The molecule has 4 heterocycles. The standard InChI is InChI=1S/C28H27N5O/c1-18-21-9-7-19(20-8-10-26(30-16-20)33-13-11-29-12-14-33)15-25(21)31-27(18)24-17-32(2)28(34)23-6-4-3-5-22(23)24/h3-10,15-17,29,31H,11-14H2,1-2H3. The minimum absolute atomic E-state index is 0.0205. The Bertz CT molecular complexity index is 1570. The lowest BCUT2D eigenvalue weighted by Gasteiger charge is -2.28. The Labute approximate surface area is 197 Å². The van der Waals surface area contributed by atoms with E-state index >= 15 is 0 Å². The summed E-state index contributed by atoms with van der Waals surface area (Å²) in [6.07, 6.45) is 3.90. The monoisotopic (exact) mass is 449 g/mol. The van der Waals surface area contributed by atoms with Gasteiger partial charge >= 0.3 is 0 Å². The lowest BCUT2D eigenvalue weighted by molar-refractivity contribution is 0.585. The minimum atomic E-state index is 0.0205. The van der Waals surface area contributed by atoms with Gasteiger partial charge in [0, 0.05) is 73.0 Å². The first kappa shape index (κ1) is 20.7. The fraction of sp³-hybridized carbons (Fsp3) is 0.214. The van der Waals surface area contributed by atoms with Crippen LogP contribution in [0.1, 0.15) is 5.56 Å². The van der Waals surface area contributed by atoms with Gasteiger partial charge in [-0.25, -0.2) is 4.98 Å². The molecule has 170 valence electrons. The number of nitrogens with one attached hydrogen (secondary N) is 2. The van der Waals surface area contributed by atoms with Crippen LogP contribution in [-0.4, -0.2) is 40.7 Å². The molecule has 2 N–H and O–H groups in total. The van der Waals surface area contributed by atoms with Crippen molar-refractivity contribution in [3.05, 3.63) is 82.9 Å². The second-order valence-corrected chi connectivity index (χ2v) is 9.03. The van der Waals surface area contributed by atoms with Crippen molar-refractivity contribution in [3.8, 4) is 22.4 Å². The topological polar surface area (TPSA) is 66.0 Å². The number of nitrogens with zero attached hydrogens (tertiary/aromatic N) is 3. The first-order chi connectivity index (χ1) is 16.6. The van der Waals surface area contributed by atoms with Crippen LogP contribution in [0.5, 0.6) is 0 Å². The maximum Gasteiger partial charge on any atom is 0.258 e. The van der Waals surface area contributed by atoms with Crippen molar-refractivity contribution in [2.75, 3.05) is 31.1 Å². The van der Waals surface area contributed by atoms with E-state index in [1.807, 2.05) is 43.7 Å². The number of hydrogen-bond donors (Lipinski definition) is 2. The number of fused-ring (bicyclic) bond motifs is 2. The highest BCUT2D eigenvalue weighted by Crippen LogP contribution is 2.35.